The van der Waals surface area contributed by atoms with Gasteiger partial charge in [0.15, 0.2) is 0 Å². The molecule has 1 saturated carbocycles. The SMILES string of the molecule is COC(=O)[C@H]1C[C@@H]1c1nncs1. The first-order chi connectivity index (χ1) is 5.83. The molecule has 0 bridgehead atoms. The molecule has 1 heterocycles. The quantitative estimate of drug-likeness (QED) is 0.638. The number of esters is 1. The van der Waals surface area contributed by atoms with Crippen LogP contribution >= 0.6 is 11.3 Å². The molecule has 5 heteroatoms. The first kappa shape index (κ1) is 7.67. The van der Waals surface area contributed by atoms with Gasteiger partial charge in [-0.25, -0.2) is 0 Å². The molecule has 0 aliphatic heterocycles. The van der Waals surface area contributed by atoms with Gasteiger partial charge in [-0.3, -0.25) is 4.79 Å². The summed E-state index contributed by atoms with van der Waals surface area (Å²) in [6.07, 6.45) is 0.863. The van der Waals surface area contributed by atoms with Crippen molar-refractivity contribution < 1.29 is 9.53 Å². The van der Waals surface area contributed by atoms with Gasteiger partial charge < -0.3 is 4.74 Å². The van der Waals surface area contributed by atoms with E-state index in [4.69, 9.17) is 0 Å². The van der Waals surface area contributed by atoms with Gasteiger partial charge in [0.05, 0.1) is 13.0 Å². The van der Waals surface area contributed by atoms with Gasteiger partial charge in [0, 0.05) is 5.92 Å². The summed E-state index contributed by atoms with van der Waals surface area (Å²) in [5.74, 6) is 0.170. The second-order valence-corrected chi connectivity index (χ2v) is 3.61. The van der Waals surface area contributed by atoms with E-state index in [0.29, 0.717) is 0 Å². The van der Waals surface area contributed by atoms with E-state index in [-0.39, 0.29) is 17.8 Å². The van der Waals surface area contributed by atoms with Crippen molar-refractivity contribution in [2.24, 2.45) is 5.92 Å². The Labute approximate surface area is 73.6 Å². The maximum atomic E-state index is 11.0. The molecule has 0 N–H and O–H groups in total. The summed E-state index contributed by atoms with van der Waals surface area (Å²) in [4.78, 5) is 11.0. The smallest absolute Gasteiger partial charge is 0.309 e. The lowest BCUT2D eigenvalue weighted by Crippen LogP contribution is -2.03. The topological polar surface area (TPSA) is 52.1 Å². The Morgan fingerprint density at radius 2 is 2.67 bits per heavy atom. The average molecular weight is 184 g/mol. The van der Waals surface area contributed by atoms with Gasteiger partial charge in [0.25, 0.3) is 0 Å². The van der Waals surface area contributed by atoms with E-state index >= 15 is 0 Å². The van der Waals surface area contributed by atoms with Crippen molar-refractivity contribution in [2.75, 3.05) is 7.11 Å². The van der Waals surface area contributed by atoms with Crippen LogP contribution < -0.4 is 0 Å². The molecular weight excluding hydrogens is 176 g/mol. The van der Waals surface area contributed by atoms with Crippen LogP contribution in [0.15, 0.2) is 5.51 Å². The summed E-state index contributed by atoms with van der Waals surface area (Å²) >= 11 is 1.50. The molecular formula is C7H8N2O2S. The molecule has 2 rings (SSSR count). The normalized spacial score (nSPS) is 26.8. The lowest BCUT2D eigenvalue weighted by Gasteiger charge is -1.93. The van der Waals surface area contributed by atoms with Crippen LogP contribution in [0, 0.1) is 5.92 Å². The molecule has 64 valence electrons. The highest BCUT2D eigenvalue weighted by atomic mass is 32.1. The van der Waals surface area contributed by atoms with Crippen LogP contribution in [0.3, 0.4) is 0 Å². The summed E-state index contributed by atoms with van der Waals surface area (Å²) in [5.41, 5.74) is 1.68. The Morgan fingerprint density at radius 1 is 1.83 bits per heavy atom. The summed E-state index contributed by atoms with van der Waals surface area (Å²) in [6.45, 7) is 0. The summed E-state index contributed by atoms with van der Waals surface area (Å²) < 4.78 is 4.62. The van der Waals surface area contributed by atoms with Crippen molar-refractivity contribution >= 4 is 17.3 Å². The van der Waals surface area contributed by atoms with Crippen molar-refractivity contribution in [1.29, 1.82) is 0 Å². The third-order valence-corrected chi connectivity index (χ3v) is 2.81. The van der Waals surface area contributed by atoms with Gasteiger partial charge in [0.2, 0.25) is 0 Å². The lowest BCUT2D eigenvalue weighted by molar-refractivity contribution is -0.142. The van der Waals surface area contributed by atoms with Crippen molar-refractivity contribution in [3.05, 3.63) is 10.5 Å². The Bertz CT molecular complexity index is 286. The molecule has 12 heavy (non-hydrogen) atoms. The van der Waals surface area contributed by atoms with Crippen LogP contribution in [0.4, 0.5) is 0 Å². The number of nitrogens with zero attached hydrogens (tertiary/aromatic N) is 2. The standard InChI is InChI=1S/C7H8N2O2S/c1-11-7(10)5-2-4(5)6-9-8-3-12-6/h3-5H,2H2,1H3/t4-,5-/m0/s1. The number of hydrogen-bond donors (Lipinski definition) is 0. The second kappa shape index (κ2) is 2.82. The van der Waals surface area contributed by atoms with Crippen molar-refractivity contribution in [1.82, 2.24) is 10.2 Å². The number of carbonyl (C=O) groups is 1. The molecule has 2 atom stereocenters. The number of ether oxygens (including phenoxy) is 1. The fraction of sp³-hybridized carbons (Fsp3) is 0.571. The number of rotatable bonds is 2. The van der Waals surface area contributed by atoms with Gasteiger partial charge in [-0.1, -0.05) is 0 Å². The monoisotopic (exact) mass is 184 g/mol. The van der Waals surface area contributed by atoms with Crippen LogP contribution in [0.5, 0.6) is 0 Å². The van der Waals surface area contributed by atoms with Crippen molar-refractivity contribution in [3.8, 4) is 0 Å². The van der Waals surface area contributed by atoms with Crippen LogP contribution in [0.25, 0.3) is 0 Å². The predicted octanol–water partition coefficient (Wildman–Crippen LogP) is 0.815. The van der Waals surface area contributed by atoms with Crippen molar-refractivity contribution in [2.45, 2.75) is 12.3 Å². The van der Waals surface area contributed by atoms with Gasteiger partial charge in [0.1, 0.15) is 10.5 Å². The molecule has 1 fully saturated rings. The highest BCUT2D eigenvalue weighted by Crippen LogP contribution is 2.48. The predicted molar refractivity (Wildman–Crippen MR) is 42.8 cm³/mol. The first-order valence-electron chi connectivity index (χ1n) is 3.67. The zero-order valence-electron chi connectivity index (χ0n) is 6.56. The number of aromatic nitrogens is 2. The minimum Gasteiger partial charge on any atom is -0.469 e. The van der Waals surface area contributed by atoms with Gasteiger partial charge in [-0.15, -0.1) is 21.5 Å². The molecule has 1 aliphatic carbocycles. The van der Waals surface area contributed by atoms with Gasteiger partial charge in [-0.05, 0) is 6.42 Å². The summed E-state index contributed by atoms with van der Waals surface area (Å²) in [7, 11) is 1.41. The maximum Gasteiger partial charge on any atom is 0.309 e. The molecule has 0 amide bonds. The first-order valence-corrected chi connectivity index (χ1v) is 4.54. The van der Waals surface area contributed by atoms with E-state index in [1.165, 1.54) is 18.4 Å². The number of methoxy groups -OCH3 is 1. The minimum absolute atomic E-state index is 0.0305. The van der Waals surface area contributed by atoms with Crippen LogP contribution in [0.2, 0.25) is 0 Å². The third kappa shape index (κ3) is 1.20. The highest BCUT2D eigenvalue weighted by Gasteiger charge is 2.46. The van der Waals surface area contributed by atoms with Gasteiger partial charge >= 0.3 is 5.97 Å². The third-order valence-electron chi connectivity index (χ3n) is 1.99. The molecule has 0 radical (unpaired) electrons. The Balaban J connectivity index is 2.01. The van der Waals surface area contributed by atoms with Crippen LogP contribution in [0.1, 0.15) is 17.3 Å². The molecule has 1 aliphatic rings. The van der Waals surface area contributed by atoms with E-state index in [0.717, 1.165) is 11.4 Å². The molecule has 0 spiro atoms. The minimum atomic E-state index is -0.129. The van der Waals surface area contributed by atoms with E-state index < -0.39 is 0 Å². The number of hydrogen-bond acceptors (Lipinski definition) is 5. The molecule has 1 aromatic rings. The van der Waals surface area contributed by atoms with E-state index in [9.17, 15) is 4.79 Å². The zero-order valence-corrected chi connectivity index (χ0v) is 7.37. The Morgan fingerprint density at radius 3 is 3.25 bits per heavy atom. The molecule has 0 aromatic carbocycles. The van der Waals surface area contributed by atoms with Gasteiger partial charge in [-0.2, -0.15) is 0 Å². The fourth-order valence-electron chi connectivity index (χ4n) is 1.22. The molecule has 0 unspecified atom stereocenters. The summed E-state index contributed by atoms with van der Waals surface area (Å²) in [5, 5.41) is 8.57. The Hall–Kier alpha value is -0.970. The van der Waals surface area contributed by atoms with Crippen LogP contribution in [-0.2, 0) is 9.53 Å². The highest BCUT2D eigenvalue weighted by molar-refractivity contribution is 7.09. The Kier molecular flexibility index (Phi) is 1.80. The van der Waals surface area contributed by atoms with E-state index in [1.54, 1.807) is 5.51 Å². The average Bonchev–Trinajstić information content (AvgIpc) is 2.71. The second-order valence-electron chi connectivity index (χ2n) is 2.75. The fourth-order valence-corrected chi connectivity index (χ4v) is 1.95. The van der Waals surface area contributed by atoms with E-state index in [1.807, 2.05) is 0 Å². The summed E-state index contributed by atoms with van der Waals surface area (Å²) in [6, 6.07) is 0. The van der Waals surface area contributed by atoms with Crippen molar-refractivity contribution in [3.63, 3.8) is 0 Å². The lowest BCUT2D eigenvalue weighted by atomic mass is 10.3. The maximum absolute atomic E-state index is 11.0. The molecule has 1 aromatic heterocycles. The zero-order chi connectivity index (χ0) is 8.55. The molecule has 0 saturated heterocycles. The van der Waals surface area contributed by atoms with Crippen LogP contribution in [-0.4, -0.2) is 23.3 Å². The number of carbonyl (C=O) groups excluding carboxylic acids is 1. The van der Waals surface area contributed by atoms with E-state index in [2.05, 4.69) is 14.9 Å². The molecule has 4 nitrogen and oxygen atoms in total. The largest absolute Gasteiger partial charge is 0.469 e.